The predicted molar refractivity (Wildman–Crippen MR) is 101 cm³/mol. The lowest BCUT2D eigenvalue weighted by atomic mass is 10.1. The van der Waals surface area contributed by atoms with Crippen LogP contribution in [-0.2, 0) is 6.42 Å². The highest BCUT2D eigenvalue weighted by molar-refractivity contribution is 7.13. The molecule has 3 aromatic rings. The molecule has 0 aliphatic carbocycles. The van der Waals surface area contributed by atoms with Gasteiger partial charge in [0.1, 0.15) is 22.3 Å². The first-order chi connectivity index (χ1) is 12.6. The van der Waals surface area contributed by atoms with E-state index in [1.807, 2.05) is 24.3 Å². The molecule has 26 heavy (non-hydrogen) atoms. The zero-order valence-electron chi connectivity index (χ0n) is 14.6. The zero-order chi connectivity index (χ0) is 18.5. The van der Waals surface area contributed by atoms with Crippen molar-refractivity contribution in [2.24, 2.45) is 0 Å². The van der Waals surface area contributed by atoms with E-state index in [1.54, 1.807) is 36.6 Å². The van der Waals surface area contributed by atoms with Crippen LogP contribution in [0, 0.1) is 5.82 Å². The molecule has 2 aromatic carbocycles. The van der Waals surface area contributed by atoms with E-state index >= 15 is 0 Å². The number of hydrogen-bond acceptors (Lipinski definition) is 4. The fourth-order valence-electron chi connectivity index (χ4n) is 2.56. The van der Waals surface area contributed by atoms with Crippen molar-refractivity contribution in [1.29, 1.82) is 0 Å². The van der Waals surface area contributed by atoms with Gasteiger partial charge in [0.05, 0.1) is 12.7 Å². The minimum atomic E-state index is -0.260. The highest BCUT2D eigenvalue weighted by Crippen LogP contribution is 2.32. The fraction of sp³-hybridized carbons (Fsp3) is 0.200. The molecular formula is C20H19FN2O2S. The molecule has 0 aliphatic heterocycles. The van der Waals surface area contributed by atoms with Gasteiger partial charge in [0, 0.05) is 19.0 Å². The molecule has 0 fully saturated rings. The molecular weight excluding hydrogens is 351 g/mol. The second-order valence-corrected chi connectivity index (χ2v) is 6.70. The van der Waals surface area contributed by atoms with Crippen LogP contribution in [0.1, 0.15) is 16.1 Å². The van der Waals surface area contributed by atoms with Gasteiger partial charge in [0.25, 0.3) is 5.91 Å². The van der Waals surface area contributed by atoms with Gasteiger partial charge in [-0.1, -0.05) is 24.3 Å². The Kier molecular flexibility index (Phi) is 5.63. The molecule has 4 nitrogen and oxygen atoms in total. The topological polar surface area (TPSA) is 42.4 Å². The van der Waals surface area contributed by atoms with Gasteiger partial charge in [-0.25, -0.2) is 9.37 Å². The number of amides is 1. The summed E-state index contributed by atoms with van der Waals surface area (Å²) < 4.78 is 18.3. The van der Waals surface area contributed by atoms with Crippen molar-refractivity contribution in [1.82, 2.24) is 9.88 Å². The summed E-state index contributed by atoms with van der Waals surface area (Å²) in [5.41, 5.74) is 2.27. The summed E-state index contributed by atoms with van der Waals surface area (Å²) in [5.74, 6) is 0.333. The van der Waals surface area contributed by atoms with Gasteiger partial charge in [-0.2, -0.15) is 0 Å². The number of benzene rings is 2. The maximum absolute atomic E-state index is 13.0. The van der Waals surface area contributed by atoms with Gasteiger partial charge in [-0.3, -0.25) is 4.79 Å². The van der Waals surface area contributed by atoms with Crippen LogP contribution in [0.15, 0.2) is 53.9 Å². The van der Waals surface area contributed by atoms with Crippen LogP contribution in [0.2, 0.25) is 0 Å². The third-order valence-electron chi connectivity index (χ3n) is 4.06. The Bertz CT molecular complexity index is 893. The monoisotopic (exact) mass is 370 g/mol. The molecule has 0 aliphatic rings. The van der Waals surface area contributed by atoms with Gasteiger partial charge in [-0.15, -0.1) is 11.3 Å². The molecule has 1 aromatic heterocycles. The highest BCUT2D eigenvalue weighted by Gasteiger charge is 2.17. The predicted octanol–water partition coefficient (Wildman–Crippen LogP) is 4.27. The first-order valence-corrected chi connectivity index (χ1v) is 9.05. The van der Waals surface area contributed by atoms with Gasteiger partial charge in [0.15, 0.2) is 0 Å². The second kappa shape index (κ2) is 8.10. The summed E-state index contributed by atoms with van der Waals surface area (Å²) in [6, 6.07) is 13.9. The van der Waals surface area contributed by atoms with Crippen LogP contribution in [0.3, 0.4) is 0 Å². The number of methoxy groups -OCH3 is 1. The number of thiazole rings is 1. The van der Waals surface area contributed by atoms with E-state index in [4.69, 9.17) is 4.74 Å². The summed E-state index contributed by atoms with van der Waals surface area (Å²) in [6.07, 6.45) is 0.659. The lowest BCUT2D eigenvalue weighted by Crippen LogP contribution is -2.29. The average Bonchev–Trinajstić information content (AvgIpc) is 3.16. The average molecular weight is 370 g/mol. The van der Waals surface area contributed by atoms with Crippen molar-refractivity contribution >= 4 is 17.2 Å². The minimum absolute atomic E-state index is 0.135. The molecule has 1 heterocycles. The van der Waals surface area contributed by atoms with Crippen molar-refractivity contribution in [2.75, 3.05) is 20.7 Å². The van der Waals surface area contributed by atoms with E-state index in [0.29, 0.717) is 18.7 Å². The third-order valence-corrected chi connectivity index (χ3v) is 4.93. The first kappa shape index (κ1) is 18.1. The van der Waals surface area contributed by atoms with Crippen molar-refractivity contribution in [2.45, 2.75) is 6.42 Å². The van der Waals surface area contributed by atoms with E-state index in [9.17, 15) is 9.18 Å². The van der Waals surface area contributed by atoms with Gasteiger partial charge in [-0.05, 0) is 36.2 Å². The van der Waals surface area contributed by atoms with Gasteiger partial charge in [0.2, 0.25) is 0 Å². The molecule has 134 valence electrons. The molecule has 0 spiro atoms. The lowest BCUT2D eigenvalue weighted by molar-refractivity contribution is 0.0791. The van der Waals surface area contributed by atoms with Crippen LogP contribution in [0.5, 0.6) is 5.75 Å². The maximum Gasteiger partial charge on any atom is 0.273 e. The standard InChI is InChI=1S/C20H19FN2O2S/c1-23(12-11-14-7-9-15(21)10-8-14)20(24)17-13-26-19(22-17)16-5-3-4-6-18(16)25-2/h3-10,13H,11-12H2,1-2H3. The van der Waals surface area contributed by atoms with Crippen molar-refractivity contribution in [3.05, 3.63) is 71.0 Å². The number of ether oxygens (including phenoxy) is 1. The number of aromatic nitrogens is 1. The molecule has 0 saturated carbocycles. The Balaban J connectivity index is 1.68. The number of carbonyl (C=O) groups excluding carboxylic acids is 1. The minimum Gasteiger partial charge on any atom is -0.496 e. The molecule has 0 unspecified atom stereocenters. The summed E-state index contributed by atoms with van der Waals surface area (Å²) in [6.45, 7) is 0.534. The summed E-state index contributed by atoms with van der Waals surface area (Å²) in [4.78, 5) is 18.7. The van der Waals surface area contributed by atoms with Crippen molar-refractivity contribution in [3.63, 3.8) is 0 Å². The summed E-state index contributed by atoms with van der Waals surface area (Å²) >= 11 is 1.41. The van der Waals surface area contributed by atoms with E-state index in [1.165, 1.54) is 23.5 Å². The van der Waals surface area contributed by atoms with Crippen molar-refractivity contribution < 1.29 is 13.9 Å². The SMILES string of the molecule is COc1ccccc1-c1nc(C(=O)N(C)CCc2ccc(F)cc2)cs1. The van der Waals surface area contributed by atoms with Gasteiger partial charge < -0.3 is 9.64 Å². The number of hydrogen-bond donors (Lipinski definition) is 0. The molecule has 0 bridgehead atoms. The second-order valence-electron chi connectivity index (χ2n) is 5.84. The third kappa shape index (κ3) is 4.08. The van der Waals surface area contributed by atoms with E-state index in [2.05, 4.69) is 4.98 Å². The number of para-hydroxylation sites is 1. The van der Waals surface area contributed by atoms with Crippen LogP contribution in [0.4, 0.5) is 4.39 Å². The van der Waals surface area contributed by atoms with Crippen LogP contribution >= 0.6 is 11.3 Å². The van der Waals surface area contributed by atoms with E-state index in [-0.39, 0.29) is 11.7 Å². The van der Waals surface area contributed by atoms with E-state index < -0.39 is 0 Å². The van der Waals surface area contributed by atoms with Crippen LogP contribution < -0.4 is 4.74 Å². The molecule has 1 amide bonds. The largest absolute Gasteiger partial charge is 0.496 e. The fourth-order valence-corrected chi connectivity index (χ4v) is 3.39. The number of rotatable bonds is 6. The number of carbonyl (C=O) groups is 1. The van der Waals surface area contributed by atoms with Crippen LogP contribution in [0.25, 0.3) is 10.6 Å². The molecule has 6 heteroatoms. The lowest BCUT2D eigenvalue weighted by Gasteiger charge is -2.15. The Hall–Kier alpha value is -2.73. The maximum atomic E-state index is 13.0. The molecule has 3 rings (SSSR count). The van der Waals surface area contributed by atoms with Crippen LogP contribution in [-0.4, -0.2) is 36.5 Å². The number of nitrogens with zero attached hydrogens (tertiary/aromatic N) is 2. The summed E-state index contributed by atoms with van der Waals surface area (Å²) in [5, 5.41) is 2.51. The summed E-state index contributed by atoms with van der Waals surface area (Å²) in [7, 11) is 3.36. The first-order valence-electron chi connectivity index (χ1n) is 8.17. The number of halogens is 1. The Labute approximate surface area is 155 Å². The quantitative estimate of drug-likeness (QED) is 0.651. The highest BCUT2D eigenvalue weighted by atomic mass is 32.1. The Morgan fingerprint density at radius 1 is 1.19 bits per heavy atom. The van der Waals surface area contributed by atoms with Crippen molar-refractivity contribution in [3.8, 4) is 16.3 Å². The zero-order valence-corrected chi connectivity index (χ0v) is 15.4. The molecule has 0 atom stereocenters. The molecule has 0 saturated heterocycles. The van der Waals surface area contributed by atoms with Gasteiger partial charge >= 0.3 is 0 Å². The Morgan fingerprint density at radius 2 is 1.92 bits per heavy atom. The Morgan fingerprint density at radius 3 is 2.65 bits per heavy atom. The smallest absolute Gasteiger partial charge is 0.273 e. The molecule has 0 radical (unpaired) electrons. The number of likely N-dealkylation sites (N-methyl/N-ethyl adjacent to an activating group) is 1. The normalized spacial score (nSPS) is 10.6. The van der Waals surface area contributed by atoms with E-state index in [0.717, 1.165) is 21.9 Å². The molecule has 0 N–H and O–H groups in total.